The molecule has 0 bridgehead atoms. The number of hydrogen-bond donors (Lipinski definition) is 1. The normalized spacial score (nSPS) is 17.4. The van der Waals surface area contributed by atoms with Crippen molar-refractivity contribution in [2.45, 2.75) is 44.9 Å². The number of methoxy groups -OCH3 is 1. The van der Waals surface area contributed by atoms with Crippen LogP contribution in [0.2, 0.25) is 0 Å². The quantitative estimate of drug-likeness (QED) is 0.884. The second kappa shape index (κ2) is 5.99. The van der Waals surface area contributed by atoms with Crippen LogP contribution < -0.4 is 4.74 Å². The summed E-state index contributed by atoms with van der Waals surface area (Å²) in [6, 6.07) is 0.302. The minimum absolute atomic E-state index is 0.208. The number of aliphatic carboxylic acids is 1. The van der Waals surface area contributed by atoms with E-state index in [4.69, 9.17) is 4.74 Å². The standard InChI is InChI=1S/C14H20N2O3/c1-3-11-10(8-15-14(16-11)19-2)12(13(17)18)9-6-4-5-7-9/h8-9,12H,3-7H2,1-2H3,(H,17,18). The van der Waals surface area contributed by atoms with E-state index in [1.807, 2.05) is 6.92 Å². The molecule has 1 aromatic rings. The van der Waals surface area contributed by atoms with Gasteiger partial charge in [-0.3, -0.25) is 4.79 Å². The zero-order valence-electron chi connectivity index (χ0n) is 11.4. The summed E-state index contributed by atoms with van der Waals surface area (Å²) in [7, 11) is 1.51. The minimum atomic E-state index is -0.768. The Morgan fingerprint density at radius 2 is 2.21 bits per heavy atom. The van der Waals surface area contributed by atoms with Crippen LogP contribution in [0, 0.1) is 5.92 Å². The minimum Gasteiger partial charge on any atom is -0.481 e. The highest BCUT2D eigenvalue weighted by Crippen LogP contribution is 2.38. The summed E-state index contributed by atoms with van der Waals surface area (Å²) in [5.41, 5.74) is 1.54. The maximum Gasteiger partial charge on any atom is 0.316 e. The number of nitrogens with zero attached hydrogens (tertiary/aromatic N) is 2. The Hall–Kier alpha value is -1.65. The molecule has 0 aliphatic heterocycles. The van der Waals surface area contributed by atoms with E-state index < -0.39 is 11.9 Å². The molecule has 1 aromatic heterocycles. The fraction of sp³-hybridized carbons (Fsp3) is 0.643. The van der Waals surface area contributed by atoms with Crippen LogP contribution in [0.25, 0.3) is 0 Å². The maximum atomic E-state index is 11.6. The van der Waals surface area contributed by atoms with Gasteiger partial charge in [-0.2, -0.15) is 4.98 Å². The Morgan fingerprint density at radius 3 is 2.74 bits per heavy atom. The molecule has 0 amide bonds. The highest BCUT2D eigenvalue weighted by atomic mass is 16.5. The third-order valence-electron chi connectivity index (χ3n) is 3.87. The number of carboxylic acids is 1. The third kappa shape index (κ3) is 2.85. The summed E-state index contributed by atoms with van der Waals surface area (Å²) in [6.07, 6.45) is 6.50. The van der Waals surface area contributed by atoms with E-state index in [1.165, 1.54) is 7.11 Å². The van der Waals surface area contributed by atoms with Crippen molar-refractivity contribution in [3.05, 3.63) is 17.5 Å². The van der Waals surface area contributed by atoms with Crippen LogP contribution in [-0.4, -0.2) is 28.2 Å². The number of carbonyl (C=O) groups is 1. The molecule has 1 saturated carbocycles. The van der Waals surface area contributed by atoms with Crippen LogP contribution >= 0.6 is 0 Å². The summed E-state index contributed by atoms with van der Waals surface area (Å²) in [5.74, 6) is -1.04. The first kappa shape index (κ1) is 13.8. The van der Waals surface area contributed by atoms with Gasteiger partial charge in [-0.05, 0) is 25.2 Å². The molecule has 5 heteroatoms. The molecule has 104 valence electrons. The van der Waals surface area contributed by atoms with Gasteiger partial charge in [0, 0.05) is 11.8 Å². The predicted octanol–water partition coefficient (Wildman–Crippen LogP) is 2.41. The van der Waals surface area contributed by atoms with Crippen molar-refractivity contribution in [2.24, 2.45) is 5.92 Å². The first-order valence-electron chi connectivity index (χ1n) is 6.80. The number of carboxylic acid groups (broad SMARTS) is 1. The van der Waals surface area contributed by atoms with Crippen LogP contribution in [0.1, 0.15) is 49.8 Å². The lowest BCUT2D eigenvalue weighted by atomic mass is 9.84. The summed E-state index contributed by atoms with van der Waals surface area (Å²) in [5, 5.41) is 9.55. The van der Waals surface area contributed by atoms with Gasteiger partial charge in [0.05, 0.1) is 18.7 Å². The third-order valence-corrected chi connectivity index (χ3v) is 3.87. The van der Waals surface area contributed by atoms with Crippen molar-refractivity contribution in [1.82, 2.24) is 9.97 Å². The monoisotopic (exact) mass is 264 g/mol. The van der Waals surface area contributed by atoms with Gasteiger partial charge in [0.25, 0.3) is 0 Å². The van der Waals surface area contributed by atoms with Crippen LogP contribution in [0.4, 0.5) is 0 Å². The number of aromatic nitrogens is 2. The second-order valence-corrected chi connectivity index (χ2v) is 4.97. The molecule has 1 aliphatic rings. The Bertz CT molecular complexity index is 456. The van der Waals surface area contributed by atoms with Crippen molar-refractivity contribution in [2.75, 3.05) is 7.11 Å². The fourth-order valence-corrected chi connectivity index (χ4v) is 2.93. The van der Waals surface area contributed by atoms with Gasteiger partial charge in [0.15, 0.2) is 0 Å². The summed E-state index contributed by atoms with van der Waals surface area (Å²) in [6.45, 7) is 1.97. The number of ether oxygens (including phenoxy) is 1. The molecule has 0 radical (unpaired) electrons. The molecule has 0 spiro atoms. The summed E-state index contributed by atoms with van der Waals surface area (Å²) >= 11 is 0. The van der Waals surface area contributed by atoms with Crippen molar-refractivity contribution in [1.29, 1.82) is 0 Å². The lowest BCUT2D eigenvalue weighted by molar-refractivity contribution is -0.140. The Morgan fingerprint density at radius 1 is 1.53 bits per heavy atom. The SMILES string of the molecule is CCc1nc(OC)ncc1C(C(=O)O)C1CCCC1. The molecule has 19 heavy (non-hydrogen) atoms. The molecular formula is C14H20N2O3. The van der Waals surface area contributed by atoms with Crippen molar-refractivity contribution in [3.63, 3.8) is 0 Å². The van der Waals surface area contributed by atoms with E-state index >= 15 is 0 Å². The smallest absolute Gasteiger partial charge is 0.316 e. The number of hydrogen-bond acceptors (Lipinski definition) is 4. The molecular weight excluding hydrogens is 244 g/mol. The second-order valence-electron chi connectivity index (χ2n) is 4.97. The van der Waals surface area contributed by atoms with E-state index in [2.05, 4.69) is 9.97 Å². The van der Waals surface area contributed by atoms with Gasteiger partial charge in [-0.1, -0.05) is 19.8 Å². The van der Waals surface area contributed by atoms with E-state index in [9.17, 15) is 9.90 Å². The molecule has 1 N–H and O–H groups in total. The highest BCUT2D eigenvalue weighted by molar-refractivity contribution is 5.76. The van der Waals surface area contributed by atoms with Crippen LogP contribution in [0.5, 0.6) is 6.01 Å². The van der Waals surface area contributed by atoms with Crippen LogP contribution in [0.15, 0.2) is 6.20 Å². The zero-order valence-corrected chi connectivity index (χ0v) is 11.4. The van der Waals surface area contributed by atoms with Crippen molar-refractivity contribution >= 4 is 5.97 Å². The van der Waals surface area contributed by atoms with Gasteiger partial charge in [-0.25, -0.2) is 4.98 Å². The van der Waals surface area contributed by atoms with Crippen LogP contribution in [-0.2, 0) is 11.2 Å². The van der Waals surface area contributed by atoms with Gasteiger partial charge in [-0.15, -0.1) is 0 Å². The Balaban J connectivity index is 2.38. The molecule has 0 saturated heterocycles. The Labute approximate surface area is 113 Å². The van der Waals surface area contributed by atoms with Gasteiger partial charge >= 0.3 is 12.0 Å². The summed E-state index contributed by atoms with van der Waals surface area (Å²) in [4.78, 5) is 20.0. The molecule has 1 unspecified atom stereocenters. The van der Waals surface area contributed by atoms with Gasteiger partial charge < -0.3 is 9.84 Å². The lowest BCUT2D eigenvalue weighted by Gasteiger charge is -2.21. The van der Waals surface area contributed by atoms with E-state index in [-0.39, 0.29) is 5.92 Å². The molecule has 0 aromatic carbocycles. The van der Waals surface area contributed by atoms with E-state index in [0.29, 0.717) is 12.4 Å². The molecule has 2 rings (SSSR count). The predicted molar refractivity (Wildman–Crippen MR) is 70.3 cm³/mol. The van der Waals surface area contributed by atoms with Crippen LogP contribution in [0.3, 0.4) is 0 Å². The van der Waals surface area contributed by atoms with Gasteiger partial charge in [0.1, 0.15) is 0 Å². The first-order valence-corrected chi connectivity index (χ1v) is 6.80. The Kier molecular flexibility index (Phi) is 4.35. The van der Waals surface area contributed by atoms with E-state index in [1.54, 1.807) is 6.20 Å². The topological polar surface area (TPSA) is 72.3 Å². The number of aryl methyl sites for hydroxylation is 1. The molecule has 5 nitrogen and oxygen atoms in total. The molecule has 1 aliphatic carbocycles. The van der Waals surface area contributed by atoms with Crippen molar-refractivity contribution < 1.29 is 14.6 Å². The molecule has 1 atom stereocenters. The number of rotatable bonds is 5. The summed E-state index contributed by atoms with van der Waals surface area (Å²) < 4.78 is 5.01. The van der Waals surface area contributed by atoms with Crippen molar-refractivity contribution in [3.8, 4) is 6.01 Å². The largest absolute Gasteiger partial charge is 0.481 e. The average Bonchev–Trinajstić information content (AvgIpc) is 2.92. The zero-order chi connectivity index (χ0) is 13.8. The molecule has 1 fully saturated rings. The molecule has 1 heterocycles. The van der Waals surface area contributed by atoms with E-state index in [0.717, 1.165) is 36.9 Å². The maximum absolute atomic E-state index is 11.6. The highest BCUT2D eigenvalue weighted by Gasteiger charge is 2.34. The van der Waals surface area contributed by atoms with Gasteiger partial charge in [0.2, 0.25) is 0 Å². The first-order chi connectivity index (χ1) is 9.17. The average molecular weight is 264 g/mol. The lowest BCUT2D eigenvalue weighted by Crippen LogP contribution is -2.22. The fourth-order valence-electron chi connectivity index (χ4n) is 2.93.